The fraction of sp³-hybridized carbons (Fsp3) is 0.118. The zero-order chi connectivity index (χ0) is 20.9. The van der Waals surface area contributed by atoms with Crippen LogP contribution in [0.4, 0.5) is 22.0 Å². The highest BCUT2D eigenvalue weighted by Crippen LogP contribution is 2.21. The first kappa shape index (κ1) is 21.0. The van der Waals surface area contributed by atoms with Gasteiger partial charge in [-0.2, -0.15) is 13.2 Å². The quantitative estimate of drug-likeness (QED) is 0.658. The summed E-state index contributed by atoms with van der Waals surface area (Å²) in [5.74, 6) is -3.45. The van der Waals surface area contributed by atoms with Crippen molar-refractivity contribution in [2.24, 2.45) is 5.73 Å². The van der Waals surface area contributed by atoms with Gasteiger partial charge in [0.15, 0.2) is 0 Å². The highest BCUT2D eigenvalue weighted by molar-refractivity contribution is 5.73. The minimum absolute atomic E-state index is 0.247. The first-order valence-corrected chi connectivity index (χ1v) is 7.58. The second-order valence-electron chi connectivity index (χ2n) is 5.38. The van der Waals surface area contributed by atoms with Crippen LogP contribution in [0.5, 0.6) is 0 Å². The Labute approximate surface area is 155 Å². The first-order chi connectivity index (χ1) is 13.1. The molecule has 3 aromatic rings. The molecule has 0 fully saturated rings. The van der Waals surface area contributed by atoms with Crippen LogP contribution in [-0.2, 0) is 11.3 Å². The molecule has 0 aliphatic carbocycles. The molecule has 11 heteroatoms. The molecular formula is C17H13F5N4O2. The smallest absolute Gasteiger partial charge is 0.475 e. The van der Waals surface area contributed by atoms with Gasteiger partial charge in [0.2, 0.25) is 0 Å². The molecule has 0 aliphatic rings. The maximum absolute atomic E-state index is 13.5. The third-order valence-electron chi connectivity index (χ3n) is 3.32. The minimum atomic E-state index is -5.08. The number of nitrogens with two attached hydrogens (primary N) is 1. The predicted molar refractivity (Wildman–Crippen MR) is 88.3 cm³/mol. The van der Waals surface area contributed by atoms with E-state index < -0.39 is 12.1 Å². The molecule has 0 radical (unpaired) electrons. The zero-order valence-electron chi connectivity index (χ0n) is 14.0. The van der Waals surface area contributed by atoms with E-state index >= 15 is 0 Å². The lowest BCUT2D eigenvalue weighted by Gasteiger charge is -2.01. The number of aliphatic carboxylic acids is 1. The fourth-order valence-corrected chi connectivity index (χ4v) is 2.03. The van der Waals surface area contributed by atoms with Crippen molar-refractivity contribution >= 4 is 5.97 Å². The van der Waals surface area contributed by atoms with Gasteiger partial charge in [0.1, 0.15) is 17.3 Å². The van der Waals surface area contributed by atoms with Gasteiger partial charge in [-0.05, 0) is 48.0 Å². The largest absolute Gasteiger partial charge is 0.490 e. The first-order valence-electron chi connectivity index (χ1n) is 7.58. The minimum Gasteiger partial charge on any atom is -0.475 e. The highest BCUT2D eigenvalue weighted by atomic mass is 19.4. The molecule has 0 amide bonds. The Morgan fingerprint density at radius 2 is 1.68 bits per heavy atom. The number of carboxylic acid groups (broad SMARTS) is 1. The third-order valence-corrected chi connectivity index (χ3v) is 3.32. The third kappa shape index (κ3) is 5.58. The second kappa shape index (κ2) is 8.57. The van der Waals surface area contributed by atoms with Gasteiger partial charge in [-0.15, -0.1) is 5.10 Å². The summed E-state index contributed by atoms with van der Waals surface area (Å²) in [6.07, 6.45) is -3.43. The van der Waals surface area contributed by atoms with Crippen molar-refractivity contribution in [3.05, 3.63) is 65.9 Å². The molecule has 0 aliphatic heterocycles. The summed E-state index contributed by atoms with van der Waals surface area (Å²) in [4.78, 5) is 8.90. The molecule has 0 atom stereocenters. The van der Waals surface area contributed by atoms with E-state index in [1.54, 1.807) is 24.4 Å². The Morgan fingerprint density at radius 1 is 1.07 bits per heavy atom. The van der Waals surface area contributed by atoms with Crippen molar-refractivity contribution in [3.63, 3.8) is 0 Å². The number of halogens is 5. The predicted octanol–water partition coefficient (Wildman–Crippen LogP) is 3.30. The van der Waals surface area contributed by atoms with Crippen LogP contribution >= 0.6 is 0 Å². The molecule has 0 bridgehead atoms. The standard InChI is InChI=1S/C15H12F2N4.C2HF3O2/c16-12-1-3-14(4-2-12)21-9-15(19-20-21)11-5-10(8-18)6-13(17)7-11;3-2(4,5)1(6)7/h1-7,9H,8,18H2;(H,6,7). The van der Waals surface area contributed by atoms with Crippen molar-refractivity contribution in [3.8, 4) is 16.9 Å². The normalized spacial score (nSPS) is 10.9. The van der Waals surface area contributed by atoms with Crippen LogP contribution in [0.2, 0.25) is 0 Å². The van der Waals surface area contributed by atoms with Crippen molar-refractivity contribution in [1.82, 2.24) is 15.0 Å². The highest BCUT2D eigenvalue weighted by Gasteiger charge is 2.38. The van der Waals surface area contributed by atoms with Crippen molar-refractivity contribution in [2.75, 3.05) is 0 Å². The maximum atomic E-state index is 13.5. The van der Waals surface area contributed by atoms with Gasteiger partial charge >= 0.3 is 12.1 Å². The Kier molecular flexibility index (Phi) is 6.41. The molecule has 3 N–H and O–H groups in total. The number of carbonyl (C=O) groups is 1. The number of benzene rings is 2. The van der Waals surface area contributed by atoms with Crippen LogP contribution in [0.25, 0.3) is 16.9 Å². The Balaban J connectivity index is 0.000000345. The number of nitrogens with zero attached hydrogens (tertiary/aromatic N) is 3. The van der Waals surface area contributed by atoms with Crippen LogP contribution in [-0.4, -0.2) is 32.2 Å². The molecule has 3 rings (SSSR count). The van der Waals surface area contributed by atoms with Gasteiger partial charge in [-0.25, -0.2) is 18.3 Å². The Morgan fingerprint density at radius 3 is 2.21 bits per heavy atom. The lowest BCUT2D eigenvalue weighted by Crippen LogP contribution is -2.21. The fourth-order valence-electron chi connectivity index (χ4n) is 2.03. The van der Waals surface area contributed by atoms with Gasteiger partial charge in [0.25, 0.3) is 0 Å². The van der Waals surface area contributed by atoms with E-state index in [0.29, 0.717) is 22.5 Å². The van der Waals surface area contributed by atoms with Gasteiger partial charge < -0.3 is 10.8 Å². The Bertz CT molecular complexity index is 955. The zero-order valence-corrected chi connectivity index (χ0v) is 14.0. The monoisotopic (exact) mass is 400 g/mol. The summed E-state index contributed by atoms with van der Waals surface area (Å²) >= 11 is 0. The van der Waals surface area contributed by atoms with E-state index in [1.807, 2.05) is 0 Å². The number of hydrogen-bond acceptors (Lipinski definition) is 4. The van der Waals surface area contributed by atoms with Crippen molar-refractivity contribution in [2.45, 2.75) is 12.7 Å². The molecule has 0 saturated heterocycles. The molecular weight excluding hydrogens is 387 g/mol. The van der Waals surface area contributed by atoms with Crippen LogP contribution in [0.1, 0.15) is 5.56 Å². The lowest BCUT2D eigenvalue weighted by molar-refractivity contribution is -0.192. The van der Waals surface area contributed by atoms with E-state index in [0.717, 1.165) is 0 Å². The average molecular weight is 400 g/mol. The summed E-state index contributed by atoms with van der Waals surface area (Å²) in [5, 5.41) is 15.1. The number of aromatic nitrogens is 3. The maximum Gasteiger partial charge on any atom is 0.490 e. The van der Waals surface area contributed by atoms with Gasteiger partial charge in [0.05, 0.1) is 11.9 Å². The van der Waals surface area contributed by atoms with Crippen molar-refractivity contribution < 1.29 is 31.9 Å². The van der Waals surface area contributed by atoms with E-state index in [4.69, 9.17) is 15.6 Å². The molecule has 1 heterocycles. The van der Waals surface area contributed by atoms with E-state index in [1.165, 1.54) is 28.9 Å². The summed E-state index contributed by atoms with van der Waals surface area (Å²) in [5.41, 5.74) is 8.01. The Hall–Kier alpha value is -3.34. The van der Waals surface area contributed by atoms with Crippen LogP contribution < -0.4 is 5.73 Å². The SMILES string of the molecule is NCc1cc(F)cc(-c2cn(-c3ccc(F)cc3)nn2)c1.O=C(O)C(F)(F)F. The van der Waals surface area contributed by atoms with E-state index in [2.05, 4.69) is 10.3 Å². The molecule has 6 nitrogen and oxygen atoms in total. The topological polar surface area (TPSA) is 94.0 Å². The molecule has 0 unspecified atom stereocenters. The summed E-state index contributed by atoms with van der Waals surface area (Å²) in [6, 6.07) is 10.4. The van der Waals surface area contributed by atoms with Gasteiger partial charge in [0, 0.05) is 12.1 Å². The second-order valence-corrected chi connectivity index (χ2v) is 5.38. The summed E-state index contributed by atoms with van der Waals surface area (Å²) in [7, 11) is 0. The molecule has 0 saturated carbocycles. The molecule has 28 heavy (non-hydrogen) atoms. The number of hydrogen-bond donors (Lipinski definition) is 2. The molecule has 1 aromatic heterocycles. The number of alkyl halides is 3. The average Bonchev–Trinajstić information content (AvgIpc) is 3.11. The molecule has 0 spiro atoms. The lowest BCUT2D eigenvalue weighted by atomic mass is 10.1. The molecule has 148 valence electrons. The number of rotatable bonds is 3. The van der Waals surface area contributed by atoms with Gasteiger partial charge in [-0.3, -0.25) is 0 Å². The van der Waals surface area contributed by atoms with Crippen LogP contribution in [0, 0.1) is 11.6 Å². The van der Waals surface area contributed by atoms with E-state index in [9.17, 15) is 22.0 Å². The van der Waals surface area contributed by atoms with Gasteiger partial charge in [-0.1, -0.05) is 5.21 Å². The summed E-state index contributed by atoms with van der Waals surface area (Å²) in [6.45, 7) is 0.247. The van der Waals surface area contributed by atoms with Crippen LogP contribution in [0.3, 0.4) is 0 Å². The van der Waals surface area contributed by atoms with Crippen molar-refractivity contribution in [1.29, 1.82) is 0 Å². The summed E-state index contributed by atoms with van der Waals surface area (Å²) < 4.78 is 59.7. The van der Waals surface area contributed by atoms with Crippen LogP contribution in [0.15, 0.2) is 48.7 Å². The molecule has 2 aromatic carbocycles. The number of carboxylic acids is 1. The van der Waals surface area contributed by atoms with E-state index in [-0.39, 0.29) is 18.2 Å².